The molecule has 1 fully saturated rings. The highest BCUT2D eigenvalue weighted by molar-refractivity contribution is 7.89. The Kier molecular flexibility index (Phi) is 6.15. The van der Waals surface area contributed by atoms with Crippen LogP contribution < -0.4 is 0 Å². The van der Waals surface area contributed by atoms with Crippen molar-refractivity contribution in [3.8, 4) is 0 Å². The second-order valence-electron chi connectivity index (χ2n) is 3.88. The maximum atomic E-state index is 12.1. The topological polar surface area (TPSA) is 61.2 Å². The van der Waals surface area contributed by atoms with Gasteiger partial charge in [-0.2, -0.15) is 4.31 Å². The number of sulfonamides is 1. The standard InChI is InChI=1S/C11H15NO2S.CHNS/c13-15(14,11-7-3-1-4-8-11)12-9-5-2-6-10-12;2-1-3/h1,3-4,7-8H,2,5-6,9-10H2;2H. The van der Waals surface area contributed by atoms with E-state index in [-0.39, 0.29) is 0 Å². The van der Waals surface area contributed by atoms with Crippen molar-refractivity contribution in [3.63, 3.8) is 0 Å². The van der Waals surface area contributed by atoms with Crippen molar-refractivity contribution >= 4 is 27.4 Å². The molecule has 0 amide bonds. The van der Waals surface area contributed by atoms with Crippen LogP contribution in [0.2, 0.25) is 0 Å². The monoisotopic (exact) mass is 284 g/mol. The number of nitrogens with zero attached hydrogens (tertiary/aromatic N) is 1. The Morgan fingerprint density at radius 3 is 2.11 bits per heavy atom. The minimum Gasteiger partial charge on any atom is -0.248 e. The highest BCUT2D eigenvalue weighted by atomic mass is 32.2. The number of hydrogen-bond acceptors (Lipinski definition) is 4. The zero-order valence-corrected chi connectivity index (χ0v) is 11.6. The molecule has 0 radical (unpaired) electrons. The Bertz CT molecular complexity index is 488. The lowest BCUT2D eigenvalue weighted by Gasteiger charge is -2.25. The first kappa shape index (κ1) is 15.0. The molecular formula is C12H16N2O2S2. The molecule has 0 atom stereocenters. The number of benzene rings is 1. The molecule has 0 spiro atoms. The van der Waals surface area contributed by atoms with E-state index in [4.69, 9.17) is 5.41 Å². The van der Waals surface area contributed by atoms with E-state index in [0.29, 0.717) is 18.0 Å². The first-order valence-electron chi connectivity index (χ1n) is 5.72. The van der Waals surface area contributed by atoms with Crippen LogP contribution in [0.3, 0.4) is 0 Å². The fraction of sp³-hybridized carbons (Fsp3) is 0.417. The third-order valence-corrected chi connectivity index (χ3v) is 4.61. The number of thiocarbonyl (C=S) groups is 1. The van der Waals surface area contributed by atoms with Gasteiger partial charge in [-0.25, -0.2) is 13.8 Å². The fourth-order valence-electron chi connectivity index (χ4n) is 1.85. The van der Waals surface area contributed by atoms with Crippen LogP contribution in [0, 0.1) is 5.41 Å². The molecule has 1 aliphatic heterocycles. The summed E-state index contributed by atoms with van der Waals surface area (Å²) in [6.07, 6.45) is 3.10. The summed E-state index contributed by atoms with van der Waals surface area (Å²) >= 11 is 3.81. The molecular weight excluding hydrogens is 268 g/mol. The Balaban J connectivity index is 0.000000492. The molecule has 1 aliphatic rings. The van der Waals surface area contributed by atoms with Crippen LogP contribution in [0.1, 0.15) is 19.3 Å². The quantitative estimate of drug-likeness (QED) is 0.670. The first-order valence-corrected chi connectivity index (χ1v) is 7.57. The zero-order chi connectivity index (χ0) is 13.4. The number of rotatable bonds is 2. The van der Waals surface area contributed by atoms with E-state index < -0.39 is 10.0 Å². The highest BCUT2D eigenvalue weighted by Gasteiger charge is 2.25. The van der Waals surface area contributed by atoms with Crippen molar-refractivity contribution in [2.24, 2.45) is 0 Å². The summed E-state index contributed by atoms with van der Waals surface area (Å²) in [5.41, 5.74) is 0. The highest BCUT2D eigenvalue weighted by Crippen LogP contribution is 2.19. The molecule has 1 N–H and O–H groups in total. The van der Waals surface area contributed by atoms with Gasteiger partial charge < -0.3 is 0 Å². The lowest BCUT2D eigenvalue weighted by atomic mass is 10.2. The minimum atomic E-state index is -3.23. The van der Waals surface area contributed by atoms with Crippen molar-refractivity contribution < 1.29 is 8.42 Å². The molecule has 0 aliphatic carbocycles. The van der Waals surface area contributed by atoms with Crippen LogP contribution in [0.5, 0.6) is 0 Å². The fourth-order valence-corrected chi connectivity index (χ4v) is 3.38. The molecule has 1 saturated heterocycles. The van der Waals surface area contributed by atoms with Gasteiger partial charge in [-0.05, 0) is 37.2 Å². The summed E-state index contributed by atoms with van der Waals surface area (Å²) in [4.78, 5) is 0.409. The van der Waals surface area contributed by atoms with E-state index in [2.05, 4.69) is 12.2 Å². The van der Waals surface area contributed by atoms with Crippen LogP contribution in [0.25, 0.3) is 0 Å². The van der Waals surface area contributed by atoms with Gasteiger partial charge in [0.15, 0.2) is 0 Å². The molecule has 1 aromatic rings. The summed E-state index contributed by atoms with van der Waals surface area (Å²) in [5.74, 6) is 0. The number of nitrogens with one attached hydrogen (secondary N) is 1. The molecule has 1 aromatic carbocycles. The van der Waals surface area contributed by atoms with E-state index in [1.54, 1.807) is 33.7 Å². The van der Waals surface area contributed by atoms with Gasteiger partial charge in [0.05, 0.1) is 10.1 Å². The van der Waals surface area contributed by atoms with Crippen LogP contribution in [-0.4, -0.2) is 31.0 Å². The van der Waals surface area contributed by atoms with Gasteiger partial charge in [-0.15, -0.1) is 0 Å². The van der Waals surface area contributed by atoms with E-state index in [1.165, 1.54) is 0 Å². The molecule has 6 heteroatoms. The second kappa shape index (κ2) is 7.38. The zero-order valence-electron chi connectivity index (χ0n) is 10.0. The lowest BCUT2D eigenvalue weighted by Crippen LogP contribution is -2.35. The van der Waals surface area contributed by atoms with Gasteiger partial charge in [0, 0.05) is 13.1 Å². The number of hydrogen-bond donors (Lipinski definition) is 1. The van der Waals surface area contributed by atoms with Crippen molar-refractivity contribution in [1.82, 2.24) is 4.31 Å². The largest absolute Gasteiger partial charge is 0.248 e. The average Bonchev–Trinajstić information content (AvgIpc) is 2.42. The molecule has 0 saturated carbocycles. The molecule has 98 valence electrons. The number of isothiocyanates is 1. The summed E-state index contributed by atoms with van der Waals surface area (Å²) in [6.45, 7) is 1.33. The minimum absolute atomic E-state index is 0.409. The maximum absolute atomic E-state index is 12.1. The van der Waals surface area contributed by atoms with E-state index in [1.807, 2.05) is 6.07 Å². The van der Waals surface area contributed by atoms with E-state index in [0.717, 1.165) is 19.3 Å². The Morgan fingerprint density at radius 1 is 1.11 bits per heavy atom. The Labute approximate surface area is 113 Å². The summed E-state index contributed by atoms with van der Waals surface area (Å²) in [7, 11) is -3.23. The van der Waals surface area contributed by atoms with Gasteiger partial charge in [0.2, 0.25) is 10.0 Å². The molecule has 0 bridgehead atoms. The summed E-state index contributed by atoms with van der Waals surface area (Å²) in [6, 6.07) is 8.66. The molecule has 1 heterocycles. The Morgan fingerprint density at radius 2 is 1.61 bits per heavy atom. The third kappa shape index (κ3) is 3.99. The summed E-state index contributed by atoms with van der Waals surface area (Å²) in [5, 5.41) is 7.36. The lowest BCUT2D eigenvalue weighted by molar-refractivity contribution is 0.346. The van der Waals surface area contributed by atoms with Crippen LogP contribution in [-0.2, 0) is 10.0 Å². The smallest absolute Gasteiger partial charge is 0.243 e. The number of piperidine rings is 1. The van der Waals surface area contributed by atoms with Gasteiger partial charge in [0.25, 0.3) is 0 Å². The maximum Gasteiger partial charge on any atom is 0.243 e. The van der Waals surface area contributed by atoms with Crippen molar-refractivity contribution in [1.29, 1.82) is 5.41 Å². The SMILES string of the molecule is N=C=S.O=S(=O)(c1ccccc1)N1CCCCC1. The van der Waals surface area contributed by atoms with Gasteiger partial charge >= 0.3 is 0 Å². The van der Waals surface area contributed by atoms with E-state index in [9.17, 15) is 8.42 Å². The summed E-state index contributed by atoms with van der Waals surface area (Å²) < 4.78 is 25.8. The van der Waals surface area contributed by atoms with Crippen molar-refractivity contribution in [2.45, 2.75) is 24.2 Å². The molecule has 0 aromatic heterocycles. The van der Waals surface area contributed by atoms with E-state index >= 15 is 0 Å². The molecule has 0 unspecified atom stereocenters. The van der Waals surface area contributed by atoms with Gasteiger partial charge in [-0.1, -0.05) is 24.6 Å². The van der Waals surface area contributed by atoms with Crippen molar-refractivity contribution in [2.75, 3.05) is 13.1 Å². The second-order valence-corrected chi connectivity index (χ2v) is 6.02. The third-order valence-electron chi connectivity index (χ3n) is 2.70. The van der Waals surface area contributed by atoms with Crippen LogP contribution in [0.4, 0.5) is 0 Å². The normalized spacial score (nSPS) is 16.2. The molecule has 18 heavy (non-hydrogen) atoms. The molecule has 4 nitrogen and oxygen atoms in total. The van der Waals surface area contributed by atoms with Crippen molar-refractivity contribution in [3.05, 3.63) is 30.3 Å². The molecule has 2 rings (SSSR count). The average molecular weight is 284 g/mol. The van der Waals surface area contributed by atoms with Crippen LogP contribution in [0.15, 0.2) is 35.2 Å². The van der Waals surface area contributed by atoms with Gasteiger partial charge in [-0.3, -0.25) is 0 Å². The predicted octanol–water partition coefficient (Wildman–Crippen LogP) is 2.53. The van der Waals surface area contributed by atoms with Crippen LogP contribution >= 0.6 is 12.2 Å². The predicted molar refractivity (Wildman–Crippen MR) is 74.4 cm³/mol. The Hall–Kier alpha value is -1.07. The first-order chi connectivity index (χ1) is 8.62. The van der Waals surface area contributed by atoms with Gasteiger partial charge in [0.1, 0.15) is 0 Å².